The van der Waals surface area contributed by atoms with Crippen molar-refractivity contribution >= 4 is 0 Å². The van der Waals surface area contributed by atoms with Crippen LogP contribution in [-0.4, -0.2) is 13.7 Å². The van der Waals surface area contributed by atoms with Crippen LogP contribution in [0.5, 0.6) is 0 Å². The van der Waals surface area contributed by atoms with Gasteiger partial charge in [0.15, 0.2) is 0 Å². The number of ether oxygens (including phenoxy) is 1. The van der Waals surface area contributed by atoms with E-state index < -0.39 is 0 Å². The zero-order chi connectivity index (χ0) is 6.96. The van der Waals surface area contributed by atoms with Crippen LogP contribution < -0.4 is 18.9 Å². The molecule has 0 saturated heterocycles. The van der Waals surface area contributed by atoms with Gasteiger partial charge in [0.1, 0.15) is 0 Å². The summed E-state index contributed by atoms with van der Waals surface area (Å²) in [6.07, 6.45) is 0. The van der Waals surface area contributed by atoms with E-state index in [4.69, 9.17) is 4.74 Å². The molecule has 0 atom stereocenters. The molecule has 6 aliphatic carbocycles. The Morgan fingerprint density at radius 3 is 2.08 bits per heavy atom. The maximum absolute atomic E-state index is 5.34. The van der Waals surface area contributed by atoms with Crippen LogP contribution in [0, 0.1) is 46.8 Å². The first-order chi connectivity index (χ1) is 5.43. The molecule has 2 heteroatoms. The van der Waals surface area contributed by atoms with Gasteiger partial charge in [0.25, 0.3) is 0 Å². The Hall–Kier alpha value is 0.557. The molecule has 0 aliphatic heterocycles. The third-order valence-corrected chi connectivity index (χ3v) is 5.73. The molecule has 6 saturated carbocycles. The molecule has 12 heavy (non-hydrogen) atoms. The van der Waals surface area contributed by atoms with Crippen LogP contribution in [0.2, 0.25) is 0 Å². The largest absolute Gasteiger partial charge is 1.00 e. The number of rotatable bonds is 2. The van der Waals surface area contributed by atoms with Gasteiger partial charge in [-0.2, -0.15) is 17.8 Å². The van der Waals surface area contributed by atoms with Crippen LogP contribution in [0.4, 0.5) is 0 Å². The van der Waals surface area contributed by atoms with Crippen molar-refractivity contribution in [2.24, 2.45) is 40.9 Å². The molecule has 0 spiro atoms. The Morgan fingerprint density at radius 2 is 1.67 bits per heavy atom. The van der Waals surface area contributed by atoms with Crippen LogP contribution in [0.15, 0.2) is 0 Å². The van der Waals surface area contributed by atoms with E-state index in [0.717, 1.165) is 47.5 Å². The Bertz CT molecular complexity index is 237. The summed E-state index contributed by atoms with van der Waals surface area (Å²) in [6.45, 7) is 1.09. The Kier molecular flexibility index (Phi) is 0.852. The number of methoxy groups -OCH3 is 1. The third-order valence-electron chi connectivity index (χ3n) is 5.73. The first-order valence-electron chi connectivity index (χ1n) is 4.78. The average Bonchev–Trinajstić information content (AvgIpc) is 2.06. The summed E-state index contributed by atoms with van der Waals surface area (Å²) in [5.74, 6) is 8.84. The van der Waals surface area contributed by atoms with Crippen molar-refractivity contribution in [3.05, 3.63) is 5.92 Å². The molecule has 6 rings (SSSR count). The van der Waals surface area contributed by atoms with Gasteiger partial charge in [0.05, 0.1) is 6.61 Å². The summed E-state index contributed by atoms with van der Waals surface area (Å²) in [4.78, 5) is 0. The van der Waals surface area contributed by atoms with Crippen LogP contribution in [-0.2, 0) is 4.74 Å². The maximum Gasteiger partial charge on any atom is 1.00 e. The van der Waals surface area contributed by atoms with Crippen LogP contribution in [0.25, 0.3) is 0 Å². The van der Waals surface area contributed by atoms with Gasteiger partial charge >= 0.3 is 18.9 Å². The molecular formula is C10H11LiO. The van der Waals surface area contributed by atoms with E-state index in [-0.39, 0.29) is 18.9 Å². The molecule has 0 unspecified atom stereocenters. The molecule has 6 fully saturated rings. The molecule has 0 aromatic carbocycles. The summed E-state index contributed by atoms with van der Waals surface area (Å²) in [7, 11) is 1.87. The number of hydrogen-bond donors (Lipinski definition) is 0. The molecule has 0 aromatic rings. The van der Waals surface area contributed by atoms with Gasteiger partial charge in [-0.25, -0.2) is 0 Å². The van der Waals surface area contributed by atoms with Crippen molar-refractivity contribution in [3.8, 4) is 0 Å². The van der Waals surface area contributed by atoms with Crippen LogP contribution >= 0.6 is 0 Å². The summed E-state index contributed by atoms with van der Waals surface area (Å²) >= 11 is 0. The SMILES string of the molecule is COCC12C3C4[C-]5C3C1C5C42.[Li+]. The topological polar surface area (TPSA) is 9.23 Å². The summed E-state index contributed by atoms with van der Waals surface area (Å²) in [5.41, 5.74) is 0.774. The molecular weight excluding hydrogens is 143 g/mol. The summed E-state index contributed by atoms with van der Waals surface area (Å²) in [5, 5.41) is 0. The normalized spacial score (nSPS) is 76.8. The molecule has 0 amide bonds. The fourth-order valence-corrected chi connectivity index (χ4v) is 5.75. The van der Waals surface area contributed by atoms with Crippen molar-refractivity contribution in [1.29, 1.82) is 0 Å². The smallest absolute Gasteiger partial charge is 0.384 e. The minimum absolute atomic E-state index is 0. The molecule has 0 heterocycles. The zero-order valence-corrected chi connectivity index (χ0v) is 7.58. The van der Waals surface area contributed by atoms with Gasteiger partial charge in [-0.3, -0.25) is 0 Å². The van der Waals surface area contributed by atoms with Gasteiger partial charge in [-0.15, -0.1) is 0 Å². The van der Waals surface area contributed by atoms with E-state index in [1.165, 1.54) is 0 Å². The molecule has 0 bridgehead atoms. The predicted molar refractivity (Wildman–Crippen MR) is 38.5 cm³/mol. The Morgan fingerprint density at radius 1 is 1.17 bits per heavy atom. The minimum atomic E-state index is 0. The van der Waals surface area contributed by atoms with E-state index in [9.17, 15) is 0 Å². The summed E-state index contributed by atoms with van der Waals surface area (Å²) < 4.78 is 5.34. The standard InChI is InChI=1S/C10H11O.Li/c1-11-2-10-7-4-3-5(7)9(10)6(3)8(4)10;/h4-9H,2H2,1H3;/q-1;+1. The fraction of sp³-hybridized carbons (Fsp3) is 0.900. The van der Waals surface area contributed by atoms with E-state index in [2.05, 4.69) is 0 Å². The maximum atomic E-state index is 5.34. The second-order valence-electron chi connectivity index (χ2n) is 5.20. The van der Waals surface area contributed by atoms with Crippen LogP contribution in [0.3, 0.4) is 0 Å². The van der Waals surface area contributed by atoms with E-state index in [1.807, 2.05) is 13.0 Å². The van der Waals surface area contributed by atoms with Gasteiger partial charge in [-0.1, -0.05) is 17.8 Å². The van der Waals surface area contributed by atoms with Gasteiger partial charge in [0.2, 0.25) is 0 Å². The molecule has 6 aliphatic rings. The Balaban J connectivity index is 0.000000450. The quantitative estimate of drug-likeness (QED) is 0.329. The fourth-order valence-electron chi connectivity index (χ4n) is 5.75. The van der Waals surface area contributed by atoms with Gasteiger partial charge in [0, 0.05) is 7.11 Å². The monoisotopic (exact) mass is 154 g/mol. The van der Waals surface area contributed by atoms with Crippen molar-refractivity contribution in [1.82, 2.24) is 0 Å². The van der Waals surface area contributed by atoms with Crippen molar-refractivity contribution in [2.75, 3.05) is 13.7 Å². The van der Waals surface area contributed by atoms with Crippen molar-refractivity contribution in [3.63, 3.8) is 0 Å². The second kappa shape index (κ2) is 1.47. The molecule has 58 valence electrons. The van der Waals surface area contributed by atoms with E-state index >= 15 is 0 Å². The predicted octanol–water partition coefficient (Wildman–Crippen LogP) is -2.04. The third kappa shape index (κ3) is 0.281. The molecule has 0 radical (unpaired) electrons. The molecule has 0 aromatic heterocycles. The molecule has 0 N–H and O–H groups in total. The zero-order valence-electron chi connectivity index (χ0n) is 7.58. The van der Waals surface area contributed by atoms with E-state index in [1.54, 1.807) is 0 Å². The first kappa shape index (κ1) is 6.93. The van der Waals surface area contributed by atoms with Crippen LogP contribution in [0.1, 0.15) is 0 Å². The average molecular weight is 154 g/mol. The number of hydrogen-bond acceptors (Lipinski definition) is 1. The Labute approximate surface area is 84.4 Å². The first-order valence-corrected chi connectivity index (χ1v) is 4.78. The summed E-state index contributed by atoms with van der Waals surface area (Å²) in [6, 6.07) is 0. The van der Waals surface area contributed by atoms with Crippen molar-refractivity contribution < 1.29 is 23.6 Å². The molecule has 1 nitrogen and oxygen atoms in total. The second-order valence-corrected chi connectivity index (χ2v) is 5.20. The van der Waals surface area contributed by atoms with Gasteiger partial charge < -0.3 is 10.7 Å². The van der Waals surface area contributed by atoms with Gasteiger partial charge in [-0.05, 0) is 5.41 Å². The van der Waals surface area contributed by atoms with Crippen molar-refractivity contribution in [2.45, 2.75) is 0 Å². The van der Waals surface area contributed by atoms with E-state index in [0.29, 0.717) is 0 Å². The minimum Gasteiger partial charge on any atom is -0.384 e.